The number of benzene rings is 1. The molecule has 0 spiro atoms. The summed E-state index contributed by atoms with van der Waals surface area (Å²) in [7, 11) is 0. The number of halogens is 5. The summed E-state index contributed by atoms with van der Waals surface area (Å²) in [4.78, 5) is 1.64. The lowest BCUT2D eigenvalue weighted by Crippen LogP contribution is -2.28. The van der Waals surface area contributed by atoms with Crippen LogP contribution in [0.4, 0.5) is 22.0 Å². The molecule has 0 radical (unpaired) electrons. The van der Waals surface area contributed by atoms with E-state index >= 15 is 0 Å². The average Bonchev–Trinajstić information content (AvgIpc) is 3.20. The van der Waals surface area contributed by atoms with Gasteiger partial charge >= 0.3 is 6.18 Å². The van der Waals surface area contributed by atoms with Crippen molar-refractivity contribution < 1.29 is 22.0 Å². The Bertz CT molecular complexity index is 792. The highest BCUT2D eigenvalue weighted by Gasteiger charge is 2.57. The first-order chi connectivity index (χ1) is 12.2. The summed E-state index contributed by atoms with van der Waals surface area (Å²) < 4.78 is 64.8. The van der Waals surface area contributed by atoms with Gasteiger partial charge < -0.3 is 4.90 Å². The Morgan fingerprint density at radius 3 is 2.58 bits per heavy atom. The SMILES string of the molecule is C=N/N=C(/CC1CC1(F)F)N1C=CC(c2cccc(C(F)(F)F)c2)=CC1. The van der Waals surface area contributed by atoms with Gasteiger partial charge in [0.1, 0.15) is 5.84 Å². The minimum atomic E-state index is -4.41. The molecule has 1 aliphatic heterocycles. The van der Waals surface area contributed by atoms with Crippen molar-refractivity contribution >= 4 is 18.1 Å². The van der Waals surface area contributed by atoms with Gasteiger partial charge in [-0.25, -0.2) is 8.78 Å². The molecule has 0 amide bonds. The summed E-state index contributed by atoms with van der Waals surface area (Å²) in [5, 5.41) is 7.26. The standard InChI is InChI=1S/C18H16F5N3/c1-24-25-16(10-15-11-17(15,19)20)26-7-5-12(6-8-26)13-3-2-4-14(9-13)18(21,22)23/h2-7,9,15H,1,8,10-11H2/b25-16-. The zero-order valence-corrected chi connectivity index (χ0v) is 13.7. The van der Waals surface area contributed by atoms with Gasteiger partial charge in [0.05, 0.1) is 5.56 Å². The Hall–Kier alpha value is -2.51. The number of amidine groups is 1. The zero-order valence-electron chi connectivity index (χ0n) is 13.7. The minimum Gasteiger partial charge on any atom is -0.331 e. The second kappa shape index (κ2) is 6.66. The number of allylic oxidation sites excluding steroid dienone is 2. The van der Waals surface area contributed by atoms with Gasteiger partial charge in [-0.05, 0) is 29.3 Å². The summed E-state index contributed by atoms with van der Waals surface area (Å²) in [6, 6.07) is 5.03. The molecule has 2 aliphatic rings. The molecule has 1 heterocycles. The van der Waals surface area contributed by atoms with Crippen LogP contribution >= 0.6 is 0 Å². The molecule has 0 N–H and O–H groups in total. The van der Waals surface area contributed by atoms with E-state index in [1.54, 1.807) is 29.3 Å². The summed E-state index contributed by atoms with van der Waals surface area (Å²) in [5.74, 6) is -3.07. The smallest absolute Gasteiger partial charge is 0.331 e. The largest absolute Gasteiger partial charge is 0.416 e. The Balaban J connectivity index is 1.73. The molecule has 0 saturated heterocycles. The van der Waals surface area contributed by atoms with Crippen molar-refractivity contribution in [3.05, 3.63) is 53.7 Å². The monoisotopic (exact) mass is 369 g/mol. The quantitative estimate of drug-likeness (QED) is 0.318. The normalized spacial score (nSPS) is 22.2. The van der Waals surface area contributed by atoms with Crippen LogP contribution in [-0.2, 0) is 6.18 Å². The summed E-state index contributed by atoms with van der Waals surface area (Å²) in [6.45, 7) is 3.56. The van der Waals surface area contributed by atoms with Gasteiger partial charge in [0, 0.05) is 38.2 Å². The first-order valence-corrected chi connectivity index (χ1v) is 7.94. The Kier molecular flexibility index (Phi) is 4.68. The van der Waals surface area contributed by atoms with E-state index in [1.165, 1.54) is 6.07 Å². The Morgan fingerprint density at radius 1 is 1.31 bits per heavy atom. The lowest BCUT2D eigenvalue weighted by atomic mass is 10.0. The van der Waals surface area contributed by atoms with E-state index in [0.717, 1.165) is 12.1 Å². The van der Waals surface area contributed by atoms with Gasteiger partial charge in [-0.2, -0.15) is 18.3 Å². The highest BCUT2D eigenvalue weighted by atomic mass is 19.4. The number of rotatable bonds is 4. The van der Waals surface area contributed by atoms with Crippen molar-refractivity contribution in [2.45, 2.75) is 24.9 Å². The van der Waals surface area contributed by atoms with Crippen molar-refractivity contribution in [2.75, 3.05) is 6.54 Å². The number of nitrogens with zero attached hydrogens (tertiary/aromatic N) is 3. The number of alkyl halides is 5. The molecule has 1 aliphatic carbocycles. The van der Waals surface area contributed by atoms with Gasteiger partial charge in [0.25, 0.3) is 5.92 Å². The van der Waals surface area contributed by atoms with Crippen molar-refractivity contribution in [1.29, 1.82) is 0 Å². The molecule has 8 heteroatoms. The van der Waals surface area contributed by atoms with E-state index in [1.807, 2.05) is 0 Å². The summed E-state index contributed by atoms with van der Waals surface area (Å²) in [5.41, 5.74) is 0.334. The molecule has 26 heavy (non-hydrogen) atoms. The fourth-order valence-corrected chi connectivity index (χ4v) is 2.79. The predicted octanol–water partition coefficient (Wildman–Crippen LogP) is 4.98. The zero-order chi connectivity index (χ0) is 18.9. The van der Waals surface area contributed by atoms with Crippen LogP contribution in [0.5, 0.6) is 0 Å². The molecule has 138 valence electrons. The van der Waals surface area contributed by atoms with Crippen molar-refractivity contribution in [3.8, 4) is 0 Å². The van der Waals surface area contributed by atoms with Crippen LogP contribution in [-0.4, -0.2) is 29.9 Å². The van der Waals surface area contributed by atoms with E-state index < -0.39 is 23.6 Å². The highest BCUT2D eigenvalue weighted by molar-refractivity contribution is 5.86. The maximum atomic E-state index is 13.1. The average molecular weight is 369 g/mol. The molecule has 3 rings (SSSR count). The van der Waals surface area contributed by atoms with Gasteiger partial charge in [0.2, 0.25) is 0 Å². The van der Waals surface area contributed by atoms with Crippen LogP contribution in [0, 0.1) is 5.92 Å². The van der Waals surface area contributed by atoms with E-state index in [4.69, 9.17) is 0 Å². The number of hydrogen-bond donors (Lipinski definition) is 0. The maximum Gasteiger partial charge on any atom is 0.416 e. The Morgan fingerprint density at radius 2 is 2.04 bits per heavy atom. The molecule has 3 nitrogen and oxygen atoms in total. The van der Waals surface area contributed by atoms with Crippen LogP contribution in [0.25, 0.3) is 5.57 Å². The van der Waals surface area contributed by atoms with Crippen molar-refractivity contribution in [2.24, 2.45) is 16.1 Å². The third-order valence-electron chi connectivity index (χ3n) is 4.37. The van der Waals surface area contributed by atoms with Gasteiger partial charge in [-0.3, -0.25) is 0 Å². The first-order valence-electron chi connectivity index (χ1n) is 7.94. The molecule has 0 aromatic heterocycles. The maximum absolute atomic E-state index is 13.1. The van der Waals surface area contributed by atoms with Gasteiger partial charge in [-0.15, -0.1) is 5.10 Å². The van der Waals surface area contributed by atoms with Crippen LogP contribution in [0.3, 0.4) is 0 Å². The fourth-order valence-electron chi connectivity index (χ4n) is 2.79. The van der Waals surface area contributed by atoms with Gasteiger partial charge in [-0.1, -0.05) is 18.2 Å². The fraction of sp³-hybridized carbons (Fsp3) is 0.333. The third kappa shape index (κ3) is 4.00. The molecule has 0 bridgehead atoms. The second-order valence-corrected chi connectivity index (χ2v) is 6.23. The van der Waals surface area contributed by atoms with Crippen LogP contribution in [0.1, 0.15) is 24.0 Å². The van der Waals surface area contributed by atoms with E-state index in [9.17, 15) is 22.0 Å². The molecule has 1 aromatic carbocycles. The Labute approximate surface area is 147 Å². The second-order valence-electron chi connectivity index (χ2n) is 6.23. The van der Waals surface area contributed by atoms with Crippen molar-refractivity contribution in [1.82, 2.24) is 4.90 Å². The first kappa shape index (κ1) is 18.3. The summed E-state index contributed by atoms with van der Waals surface area (Å²) in [6.07, 6.45) is 0.447. The topological polar surface area (TPSA) is 28.0 Å². The molecular formula is C18H16F5N3. The van der Waals surface area contributed by atoms with E-state index in [2.05, 4.69) is 16.9 Å². The van der Waals surface area contributed by atoms with Crippen LogP contribution in [0.15, 0.2) is 52.8 Å². The van der Waals surface area contributed by atoms with Crippen molar-refractivity contribution in [3.63, 3.8) is 0 Å². The molecule has 1 fully saturated rings. The van der Waals surface area contributed by atoms with Crippen LogP contribution < -0.4 is 0 Å². The molecule has 1 unspecified atom stereocenters. The lowest BCUT2D eigenvalue weighted by Gasteiger charge is -2.24. The van der Waals surface area contributed by atoms with Gasteiger partial charge in [0.15, 0.2) is 0 Å². The minimum absolute atomic E-state index is 0.0725. The lowest BCUT2D eigenvalue weighted by molar-refractivity contribution is -0.137. The molecular weight excluding hydrogens is 353 g/mol. The van der Waals surface area contributed by atoms with E-state index in [-0.39, 0.29) is 12.8 Å². The van der Waals surface area contributed by atoms with Crippen LogP contribution in [0.2, 0.25) is 0 Å². The highest BCUT2D eigenvalue weighted by Crippen LogP contribution is 2.51. The van der Waals surface area contributed by atoms with E-state index in [0.29, 0.717) is 23.5 Å². The molecule has 1 saturated carbocycles. The number of hydrogen-bond acceptors (Lipinski definition) is 2. The predicted molar refractivity (Wildman–Crippen MR) is 89.9 cm³/mol. The summed E-state index contributed by atoms with van der Waals surface area (Å²) >= 11 is 0. The molecule has 1 atom stereocenters. The third-order valence-corrected chi connectivity index (χ3v) is 4.37. The molecule has 1 aromatic rings.